The van der Waals surface area contributed by atoms with Crippen molar-refractivity contribution in [1.82, 2.24) is 5.32 Å². The van der Waals surface area contributed by atoms with Gasteiger partial charge in [-0.2, -0.15) is 0 Å². The molecular formula is C21H27NO4. The zero-order valence-corrected chi connectivity index (χ0v) is 15.9. The third kappa shape index (κ3) is 5.41. The Bertz CT molecular complexity index is 712. The van der Waals surface area contributed by atoms with Gasteiger partial charge in [-0.25, -0.2) is 0 Å². The second kappa shape index (κ2) is 9.70. The average molecular weight is 357 g/mol. The van der Waals surface area contributed by atoms with Gasteiger partial charge in [-0.15, -0.1) is 0 Å². The Morgan fingerprint density at radius 1 is 1.04 bits per heavy atom. The van der Waals surface area contributed by atoms with E-state index in [0.717, 1.165) is 29.9 Å². The van der Waals surface area contributed by atoms with E-state index in [1.165, 1.54) is 0 Å². The van der Waals surface area contributed by atoms with E-state index in [4.69, 9.17) is 14.2 Å². The minimum absolute atomic E-state index is 0.0840. The number of methoxy groups -OCH3 is 2. The molecule has 0 heterocycles. The third-order valence-electron chi connectivity index (χ3n) is 4.10. The Morgan fingerprint density at radius 3 is 2.35 bits per heavy atom. The number of amides is 1. The number of rotatable bonds is 9. The van der Waals surface area contributed by atoms with Crippen molar-refractivity contribution in [3.8, 4) is 17.2 Å². The molecule has 2 aromatic rings. The van der Waals surface area contributed by atoms with E-state index in [9.17, 15) is 4.79 Å². The normalized spacial score (nSPS) is 11.5. The van der Waals surface area contributed by atoms with Crippen molar-refractivity contribution in [3.05, 3.63) is 53.6 Å². The van der Waals surface area contributed by atoms with Crippen LogP contribution in [0.5, 0.6) is 17.2 Å². The average Bonchev–Trinajstić information content (AvgIpc) is 2.66. The molecule has 0 aliphatic heterocycles. The maximum absolute atomic E-state index is 12.4. The van der Waals surface area contributed by atoms with Crippen molar-refractivity contribution < 1.29 is 19.0 Å². The van der Waals surface area contributed by atoms with Crippen LogP contribution in [0.1, 0.15) is 42.6 Å². The number of benzene rings is 2. The zero-order chi connectivity index (χ0) is 18.9. The van der Waals surface area contributed by atoms with Crippen LogP contribution in [-0.4, -0.2) is 26.2 Å². The highest BCUT2D eigenvalue weighted by Gasteiger charge is 2.13. The first-order valence-corrected chi connectivity index (χ1v) is 8.82. The second-order valence-corrected chi connectivity index (χ2v) is 6.15. The van der Waals surface area contributed by atoms with Gasteiger partial charge in [0, 0.05) is 17.2 Å². The van der Waals surface area contributed by atoms with Crippen LogP contribution in [0.4, 0.5) is 0 Å². The first-order chi connectivity index (χ1) is 12.6. The van der Waals surface area contributed by atoms with Gasteiger partial charge in [-0.1, -0.05) is 13.3 Å². The van der Waals surface area contributed by atoms with Gasteiger partial charge in [-0.05, 0) is 55.8 Å². The summed E-state index contributed by atoms with van der Waals surface area (Å²) < 4.78 is 16.4. The number of carbonyl (C=O) groups excluding carboxylic acids is 1. The predicted octanol–water partition coefficient (Wildman–Crippen LogP) is 4.20. The van der Waals surface area contributed by atoms with Gasteiger partial charge >= 0.3 is 0 Å². The van der Waals surface area contributed by atoms with Crippen LogP contribution in [0.3, 0.4) is 0 Å². The molecule has 2 rings (SSSR count). The molecule has 0 fully saturated rings. The highest BCUT2D eigenvalue weighted by molar-refractivity contribution is 5.94. The number of nitrogens with one attached hydrogen (secondary N) is 1. The van der Waals surface area contributed by atoms with Crippen LogP contribution in [-0.2, 0) is 6.61 Å². The molecule has 1 unspecified atom stereocenters. The second-order valence-electron chi connectivity index (χ2n) is 6.15. The molecule has 1 N–H and O–H groups in total. The van der Waals surface area contributed by atoms with Crippen LogP contribution in [0.25, 0.3) is 0 Å². The Morgan fingerprint density at radius 2 is 1.73 bits per heavy atom. The van der Waals surface area contributed by atoms with Crippen molar-refractivity contribution in [2.45, 2.75) is 39.3 Å². The fraction of sp³-hybridized carbons (Fsp3) is 0.381. The molecule has 0 saturated carbocycles. The quantitative estimate of drug-likeness (QED) is 0.731. The molecule has 0 aromatic heterocycles. The SMILES string of the molecule is CCCC(C)NC(=O)c1ccc(OC)c(COc2ccc(OC)cc2)c1. The Hall–Kier alpha value is -2.69. The monoisotopic (exact) mass is 357 g/mol. The van der Waals surface area contributed by atoms with Crippen molar-refractivity contribution >= 4 is 5.91 Å². The molecule has 0 aliphatic carbocycles. The largest absolute Gasteiger partial charge is 0.497 e. The van der Waals surface area contributed by atoms with E-state index in [-0.39, 0.29) is 11.9 Å². The van der Waals surface area contributed by atoms with Gasteiger partial charge in [0.05, 0.1) is 14.2 Å². The van der Waals surface area contributed by atoms with Crippen molar-refractivity contribution in [2.75, 3.05) is 14.2 Å². The molecule has 0 aliphatic rings. The molecule has 26 heavy (non-hydrogen) atoms. The van der Waals surface area contributed by atoms with Crippen molar-refractivity contribution in [1.29, 1.82) is 0 Å². The van der Waals surface area contributed by atoms with Gasteiger partial charge in [0.1, 0.15) is 23.9 Å². The van der Waals surface area contributed by atoms with Crippen LogP contribution in [0, 0.1) is 0 Å². The molecule has 5 nitrogen and oxygen atoms in total. The molecule has 1 amide bonds. The summed E-state index contributed by atoms with van der Waals surface area (Å²) in [5.41, 5.74) is 1.42. The lowest BCUT2D eigenvalue weighted by atomic mass is 10.1. The van der Waals surface area contributed by atoms with Gasteiger partial charge in [-0.3, -0.25) is 4.79 Å². The number of hydrogen-bond donors (Lipinski definition) is 1. The minimum Gasteiger partial charge on any atom is -0.497 e. The number of ether oxygens (including phenoxy) is 3. The highest BCUT2D eigenvalue weighted by Crippen LogP contribution is 2.23. The van der Waals surface area contributed by atoms with Crippen molar-refractivity contribution in [3.63, 3.8) is 0 Å². The molecule has 0 spiro atoms. The summed E-state index contributed by atoms with van der Waals surface area (Å²) in [6, 6.07) is 12.9. The highest BCUT2D eigenvalue weighted by atomic mass is 16.5. The van der Waals surface area contributed by atoms with E-state index in [1.54, 1.807) is 26.4 Å². The summed E-state index contributed by atoms with van der Waals surface area (Å²) >= 11 is 0. The lowest BCUT2D eigenvalue weighted by molar-refractivity contribution is 0.0938. The summed E-state index contributed by atoms with van der Waals surface area (Å²) in [5, 5.41) is 3.01. The lowest BCUT2D eigenvalue weighted by Crippen LogP contribution is -2.32. The molecule has 5 heteroatoms. The maximum atomic E-state index is 12.4. The molecule has 0 bridgehead atoms. The zero-order valence-electron chi connectivity index (χ0n) is 15.9. The van der Waals surface area contributed by atoms with Gasteiger partial charge < -0.3 is 19.5 Å². The summed E-state index contributed by atoms with van der Waals surface area (Å²) in [5.74, 6) is 2.10. The number of carbonyl (C=O) groups is 1. The Balaban J connectivity index is 2.09. The van der Waals surface area contributed by atoms with Crippen molar-refractivity contribution in [2.24, 2.45) is 0 Å². The summed E-state index contributed by atoms with van der Waals surface area (Å²) in [6.07, 6.45) is 1.99. The fourth-order valence-electron chi connectivity index (χ4n) is 2.68. The maximum Gasteiger partial charge on any atom is 0.251 e. The first-order valence-electron chi connectivity index (χ1n) is 8.82. The van der Waals surface area contributed by atoms with E-state index in [2.05, 4.69) is 12.2 Å². The molecule has 1 atom stereocenters. The van der Waals surface area contributed by atoms with E-state index < -0.39 is 0 Å². The Kier molecular flexibility index (Phi) is 7.33. The molecule has 0 radical (unpaired) electrons. The predicted molar refractivity (Wildman–Crippen MR) is 102 cm³/mol. The standard InChI is InChI=1S/C21H27NO4/c1-5-6-15(2)22-21(23)16-7-12-20(25-4)17(13-16)14-26-19-10-8-18(24-3)9-11-19/h7-13,15H,5-6,14H2,1-4H3,(H,22,23). The molecule has 2 aromatic carbocycles. The van der Waals surface area contributed by atoms with Gasteiger partial charge in [0.2, 0.25) is 0 Å². The fourth-order valence-corrected chi connectivity index (χ4v) is 2.68. The van der Waals surface area contributed by atoms with E-state index in [1.807, 2.05) is 37.3 Å². The van der Waals surface area contributed by atoms with E-state index in [0.29, 0.717) is 17.9 Å². The molecule has 0 saturated heterocycles. The smallest absolute Gasteiger partial charge is 0.251 e. The Labute approximate surface area is 155 Å². The van der Waals surface area contributed by atoms with Crippen LogP contribution in [0.15, 0.2) is 42.5 Å². The molecule has 140 valence electrons. The molecular weight excluding hydrogens is 330 g/mol. The van der Waals surface area contributed by atoms with E-state index >= 15 is 0 Å². The third-order valence-corrected chi connectivity index (χ3v) is 4.10. The number of hydrogen-bond acceptors (Lipinski definition) is 4. The summed E-state index contributed by atoms with van der Waals surface area (Å²) in [6.45, 7) is 4.42. The van der Waals surface area contributed by atoms with Crippen LogP contribution < -0.4 is 19.5 Å². The minimum atomic E-state index is -0.0840. The van der Waals surface area contributed by atoms with Crippen LogP contribution in [0.2, 0.25) is 0 Å². The summed E-state index contributed by atoms with van der Waals surface area (Å²) in [4.78, 5) is 12.4. The first kappa shape index (κ1) is 19.6. The topological polar surface area (TPSA) is 56.8 Å². The van der Waals surface area contributed by atoms with Crippen LogP contribution >= 0.6 is 0 Å². The van der Waals surface area contributed by atoms with Gasteiger partial charge in [0.15, 0.2) is 0 Å². The van der Waals surface area contributed by atoms with Gasteiger partial charge in [0.25, 0.3) is 5.91 Å². The summed E-state index contributed by atoms with van der Waals surface area (Å²) in [7, 11) is 3.23. The lowest BCUT2D eigenvalue weighted by Gasteiger charge is -2.15.